The minimum atomic E-state index is -0.165. The second-order valence-electron chi connectivity index (χ2n) is 6.94. The molecule has 3 atom stereocenters. The molecule has 0 fully saturated rings. The molecule has 1 aliphatic carbocycles. The Labute approximate surface area is 145 Å². The summed E-state index contributed by atoms with van der Waals surface area (Å²) in [5.41, 5.74) is 2.74. The van der Waals surface area contributed by atoms with E-state index in [0.29, 0.717) is 5.92 Å². The van der Waals surface area contributed by atoms with Crippen LogP contribution in [0.5, 0.6) is 0 Å². The van der Waals surface area contributed by atoms with Gasteiger partial charge in [-0.05, 0) is 30.9 Å². The fourth-order valence-electron chi connectivity index (χ4n) is 3.07. The molecule has 0 saturated carbocycles. The van der Waals surface area contributed by atoms with Gasteiger partial charge in [0.1, 0.15) is 6.29 Å². The Morgan fingerprint density at radius 1 is 1.25 bits per heavy atom. The maximum Gasteiger partial charge on any atom is 0.159 e. The fourth-order valence-corrected chi connectivity index (χ4v) is 3.07. The number of hydrogen-bond acceptors (Lipinski definition) is 2. The maximum atomic E-state index is 12.0. The number of carbonyl (C=O) groups excluding carboxylic acids is 2. The van der Waals surface area contributed by atoms with Crippen molar-refractivity contribution in [3.8, 4) is 0 Å². The number of allylic oxidation sites excluding steroid dienone is 6. The summed E-state index contributed by atoms with van der Waals surface area (Å²) in [4.78, 5) is 23.1. The zero-order chi connectivity index (χ0) is 17.7. The lowest BCUT2D eigenvalue weighted by Gasteiger charge is -2.38. The minimum absolute atomic E-state index is 0.0164. The van der Waals surface area contributed by atoms with Crippen molar-refractivity contribution in [3.05, 3.63) is 71.3 Å². The highest BCUT2D eigenvalue weighted by atomic mass is 16.1. The third-order valence-corrected chi connectivity index (χ3v) is 5.42. The summed E-state index contributed by atoms with van der Waals surface area (Å²) in [6.45, 7) is 8.36. The molecule has 0 N–H and O–H groups in total. The summed E-state index contributed by atoms with van der Waals surface area (Å²) in [7, 11) is 0. The molecule has 0 radical (unpaired) electrons. The van der Waals surface area contributed by atoms with Crippen molar-refractivity contribution in [1.82, 2.24) is 0 Å². The van der Waals surface area contributed by atoms with Crippen LogP contribution in [-0.2, 0) is 11.2 Å². The Morgan fingerprint density at radius 2 is 1.96 bits per heavy atom. The van der Waals surface area contributed by atoms with Crippen molar-refractivity contribution >= 4 is 12.1 Å². The first kappa shape index (κ1) is 18.1. The molecule has 0 spiro atoms. The van der Waals surface area contributed by atoms with E-state index in [9.17, 15) is 9.59 Å². The number of ketones is 1. The van der Waals surface area contributed by atoms with Crippen LogP contribution in [0.2, 0.25) is 0 Å². The Bertz CT molecular complexity index is 708. The van der Waals surface area contributed by atoms with Crippen LogP contribution in [0.15, 0.2) is 60.2 Å². The minimum Gasteiger partial charge on any atom is -0.298 e. The van der Waals surface area contributed by atoms with Crippen molar-refractivity contribution in [2.75, 3.05) is 0 Å². The molecule has 2 heteroatoms. The second kappa shape index (κ2) is 7.57. The second-order valence-corrected chi connectivity index (χ2v) is 6.94. The van der Waals surface area contributed by atoms with Gasteiger partial charge < -0.3 is 0 Å². The molecule has 0 saturated heterocycles. The molecule has 0 amide bonds. The molecule has 3 unspecified atom stereocenters. The van der Waals surface area contributed by atoms with Gasteiger partial charge in [-0.1, -0.05) is 74.9 Å². The van der Waals surface area contributed by atoms with Crippen LogP contribution in [0.4, 0.5) is 0 Å². The van der Waals surface area contributed by atoms with Crippen molar-refractivity contribution < 1.29 is 9.59 Å². The van der Waals surface area contributed by atoms with E-state index in [4.69, 9.17) is 0 Å². The van der Waals surface area contributed by atoms with E-state index in [0.717, 1.165) is 29.4 Å². The number of rotatable bonds is 5. The van der Waals surface area contributed by atoms with Gasteiger partial charge in [0.15, 0.2) is 5.78 Å². The molecule has 1 aromatic rings. The van der Waals surface area contributed by atoms with Crippen molar-refractivity contribution in [1.29, 1.82) is 0 Å². The normalized spacial score (nSPS) is 27.7. The van der Waals surface area contributed by atoms with Crippen LogP contribution < -0.4 is 0 Å². The quantitative estimate of drug-likeness (QED) is 0.567. The molecule has 24 heavy (non-hydrogen) atoms. The summed E-state index contributed by atoms with van der Waals surface area (Å²) in [5.74, 6) is 0.504. The highest BCUT2D eigenvalue weighted by Gasteiger charge is 2.39. The molecular formula is C22H26O2. The van der Waals surface area contributed by atoms with E-state index in [1.165, 1.54) is 0 Å². The van der Waals surface area contributed by atoms with Crippen LogP contribution in [0.25, 0.3) is 0 Å². The van der Waals surface area contributed by atoms with Gasteiger partial charge in [-0.2, -0.15) is 0 Å². The van der Waals surface area contributed by atoms with Gasteiger partial charge in [0, 0.05) is 16.9 Å². The van der Waals surface area contributed by atoms with Crippen LogP contribution in [0, 0.1) is 17.3 Å². The smallest absolute Gasteiger partial charge is 0.159 e. The maximum absolute atomic E-state index is 12.0. The molecule has 0 heterocycles. The standard InChI is InChI=1S/C22H26O2/c1-16(9-11-19-7-5-6-8-20(19)15-23)13-14-22(4)17(2)10-12-21(24)18(22)3/h5-10,12-15,17-18H,11H2,1-4H3. The molecule has 2 nitrogen and oxygen atoms in total. The van der Waals surface area contributed by atoms with E-state index in [1.807, 2.05) is 37.3 Å². The van der Waals surface area contributed by atoms with E-state index in [2.05, 4.69) is 39.0 Å². The van der Waals surface area contributed by atoms with E-state index in [-0.39, 0.29) is 17.1 Å². The van der Waals surface area contributed by atoms with Gasteiger partial charge in [-0.3, -0.25) is 9.59 Å². The topological polar surface area (TPSA) is 34.1 Å². The number of carbonyl (C=O) groups is 2. The summed E-state index contributed by atoms with van der Waals surface area (Å²) in [6.07, 6.45) is 11.7. The average molecular weight is 322 g/mol. The molecule has 0 aliphatic heterocycles. The summed E-state index contributed by atoms with van der Waals surface area (Å²) >= 11 is 0. The highest BCUT2D eigenvalue weighted by Crippen LogP contribution is 2.41. The summed E-state index contributed by atoms with van der Waals surface area (Å²) < 4.78 is 0. The van der Waals surface area contributed by atoms with Crippen LogP contribution in [-0.4, -0.2) is 12.1 Å². The van der Waals surface area contributed by atoms with E-state index >= 15 is 0 Å². The van der Waals surface area contributed by atoms with Crippen molar-refractivity contribution in [2.45, 2.75) is 34.1 Å². The molecule has 1 aromatic carbocycles. The monoisotopic (exact) mass is 322 g/mol. The first-order valence-corrected chi connectivity index (χ1v) is 8.49. The molecular weight excluding hydrogens is 296 g/mol. The van der Waals surface area contributed by atoms with Gasteiger partial charge in [-0.25, -0.2) is 0 Å². The summed E-state index contributed by atoms with van der Waals surface area (Å²) in [5, 5.41) is 0. The van der Waals surface area contributed by atoms with Gasteiger partial charge >= 0.3 is 0 Å². The van der Waals surface area contributed by atoms with Gasteiger partial charge in [0.25, 0.3) is 0 Å². The number of hydrogen-bond donors (Lipinski definition) is 0. The van der Waals surface area contributed by atoms with Crippen LogP contribution in [0.3, 0.4) is 0 Å². The Kier molecular flexibility index (Phi) is 5.71. The molecule has 1 aliphatic rings. The number of aldehydes is 1. The Balaban J connectivity index is 2.14. The van der Waals surface area contributed by atoms with Gasteiger partial charge in [0.05, 0.1) is 0 Å². The van der Waals surface area contributed by atoms with Crippen molar-refractivity contribution in [2.24, 2.45) is 17.3 Å². The lowest BCUT2D eigenvalue weighted by molar-refractivity contribution is -0.121. The van der Waals surface area contributed by atoms with E-state index in [1.54, 1.807) is 6.08 Å². The Morgan fingerprint density at radius 3 is 2.67 bits per heavy atom. The lowest BCUT2D eigenvalue weighted by Crippen LogP contribution is -2.37. The first-order valence-electron chi connectivity index (χ1n) is 8.49. The summed E-state index contributed by atoms with van der Waals surface area (Å²) in [6, 6.07) is 7.64. The van der Waals surface area contributed by atoms with Gasteiger partial charge in [-0.15, -0.1) is 0 Å². The largest absolute Gasteiger partial charge is 0.298 e. The molecule has 126 valence electrons. The predicted molar refractivity (Wildman–Crippen MR) is 99.0 cm³/mol. The van der Waals surface area contributed by atoms with E-state index < -0.39 is 0 Å². The SMILES string of the molecule is CC(C=CC1(C)C(C)C=CC(=O)C1C)=CCc1ccccc1C=O. The third kappa shape index (κ3) is 3.81. The van der Waals surface area contributed by atoms with Gasteiger partial charge in [0.2, 0.25) is 0 Å². The average Bonchev–Trinajstić information content (AvgIpc) is 2.60. The van der Waals surface area contributed by atoms with Crippen LogP contribution in [0.1, 0.15) is 43.6 Å². The first-order chi connectivity index (χ1) is 11.4. The van der Waals surface area contributed by atoms with Crippen LogP contribution >= 0.6 is 0 Å². The molecule has 0 bridgehead atoms. The fraction of sp³-hybridized carbons (Fsp3) is 0.364. The number of benzene rings is 1. The molecule has 0 aromatic heterocycles. The predicted octanol–water partition coefficient (Wildman–Crippen LogP) is 4.96. The highest BCUT2D eigenvalue weighted by molar-refractivity contribution is 5.93. The zero-order valence-electron chi connectivity index (χ0n) is 15.0. The lowest BCUT2D eigenvalue weighted by atomic mass is 9.64. The molecule has 2 rings (SSSR count). The van der Waals surface area contributed by atoms with Crippen molar-refractivity contribution in [3.63, 3.8) is 0 Å². The zero-order valence-corrected chi connectivity index (χ0v) is 15.0. The Hall–Kier alpha value is -2.22. The third-order valence-electron chi connectivity index (χ3n) is 5.42.